The number of nitrogens with two attached hydrogens (primary N) is 2. The van der Waals surface area contributed by atoms with Gasteiger partial charge in [0, 0.05) is 24.2 Å². The first-order valence-electron chi connectivity index (χ1n) is 4.28. The zero-order chi connectivity index (χ0) is 10.6. The predicted molar refractivity (Wildman–Crippen MR) is 62.0 cm³/mol. The molecular weight excluding hydrogens is 221 g/mol. The van der Waals surface area contributed by atoms with Crippen molar-refractivity contribution in [2.24, 2.45) is 11.5 Å². The fourth-order valence-electron chi connectivity index (χ4n) is 0.957. The van der Waals surface area contributed by atoms with Gasteiger partial charge in [0.15, 0.2) is 0 Å². The third kappa shape index (κ3) is 3.35. The molecule has 1 unspecified atom stereocenters. The van der Waals surface area contributed by atoms with Crippen molar-refractivity contribution in [2.75, 3.05) is 18.4 Å². The molecule has 0 aliphatic carbocycles. The van der Waals surface area contributed by atoms with Gasteiger partial charge in [0.05, 0.1) is 10.7 Å². The van der Waals surface area contributed by atoms with Gasteiger partial charge < -0.3 is 16.8 Å². The standard InChI is InChI=1S/C9H13Cl2N3/c10-6-1-2-8(11)9(3-6)14-5-7(13)4-12/h1-3,7,14H,4-5,12-13H2. The molecule has 0 radical (unpaired) electrons. The van der Waals surface area contributed by atoms with Gasteiger partial charge in [-0.1, -0.05) is 23.2 Å². The van der Waals surface area contributed by atoms with E-state index < -0.39 is 0 Å². The van der Waals surface area contributed by atoms with Crippen LogP contribution in [0.5, 0.6) is 0 Å². The van der Waals surface area contributed by atoms with E-state index in [2.05, 4.69) is 5.32 Å². The summed E-state index contributed by atoms with van der Waals surface area (Å²) in [5.74, 6) is 0. The van der Waals surface area contributed by atoms with E-state index in [0.717, 1.165) is 5.69 Å². The lowest BCUT2D eigenvalue weighted by atomic mass is 10.2. The minimum Gasteiger partial charge on any atom is -0.382 e. The lowest BCUT2D eigenvalue weighted by molar-refractivity contribution is 0.713. The Balaban J connectivity index is 2.62. The average molecular weight is 234 g/mol. The predicted octanol–water partition coefficient (Wildman–Crippen LogP) is 1.69. The number of hydrogen-bond acceptors (Lipinski definition) is 3. The molecule has 1 aromatic rings. The molecule has 0 aromatic heterocycles. The summed E-state index contributed by atoms with van der Waals surface area (Å²) in [6, 6.07) is 5.15. The Labute approximate surface area is 93.4 Å². The van der Waals surface area contributed by atoms with Gasteiger partial charge in [-0.3, -0.25) is 0 Å². The zero-order valence-corrected chi connectivity index (χ0v) is 9.15. The monoisotopic (exact) mass is 233 g/mol. The van der Waals surface area contributed by atoms with Crippen LogP contribution in [0.15, 0.2) is 18.2 Å². The summed E-state index contributed by atoms with van der Waals surface area (Å²) in [7, 11) is 0. The van der Waals surface area contributed by atoms with Crippen molar-refractivity contribution in [3.8, 4) is 0 Å². The fraction of sp³-hybridized carbons (Fsp3) is 0.333. The summed E-state index contributed by atoms with van der Waals surface area (Å²) in [5.41, 5.74) is 11.8. The number of anilines is 1. The second-order valence-corrected chi connectivity index (χ2v) is 3.84. The maximum atomic E-state index is 5.93. The van der Waals surface area contributed by atoms with Crippen molar-refractivity contribution >= 4 is 28.9 Å². The van der Waals surface area contributed by atoms with Crippen molar-refractivity contribution in [3.05, 3.63) is 28.2 Å². The van der Waals surface area contributed by atoms with Gasteiger partial charge in [0.25, 0.3) is 0 Å². The van der Waals surface area contributed by atoms with Crippen LogP contribution in [-0.2, 0) is 0 Å². The van der Waals surface area contributed by atoms with Gasteiger partial charge in [0.1, 0.15) is 0 Å². The summed E-state index contributed by atoms with van der Waals surface area (Å²) < 4.78 is 0. The van der Waals surface area contributed by atoms with Crippen molar-refractivity contribution in [2.45, 2.75) is 6.04 Å². The highest BCUT2D eigenvalue weighted by atomic mass is 35.5. The highest BCUT2D eigenvalue weighted by molar-refractivity contribution is 6.35. The first kappa shape index (κ1) is 11.6. The summed E-state index contributed by atoms with van der Waals surface area (Å²) in [4.78, 5) is 0. The van der Waals surface area contributed by atoms with Crippen LogP contribution in [0.2, 0.25) is 10.0 Å². The Hall–Kier alpha value is -0.480. The van der Waals surface area contributed by atoms with Gasteiger partial charge >= 0.3 is 0 Å². The molecule has 78 valence electrons. The topological polar surface area (TPSA) is 64.1 Å². The summed E-state index contributed by atoms with van der Waals surface area (Å²) in [6.45, 7) is 1.02. The second-order valence-electron chi connectivity index (χ2n) is 3.00. The molecule has 0 bridgehead atoms. The van der Waals surface area contributed by atoms with Gasteiger partial charge in [-0.25, -0.2) is 0 Å². The van der Waals surface area contributed by atoms with Crippen molar-refractivity contribution < 1.29 is 0 Å². The first-order valence-corrected chi connectivity index (χ1v) is 5.03. The number of rotatable bonds is 4. The van der Waals surface area contributed by atoms with E-state index in [0.29, 0.717) is 23.1 Å². The van der Waals surface area contributed by atoms with Crippen molar-refractivity contribution in [1.82, 2.24) is 0 Å². The van der Waals surface area contributed by atoms with Gasteiger partial charge in [-0.2, -0.15) is 0 Å². The summed E-state index contributed by atoms with van der Waals surface area (Å²) in [5, 5.41) is 4.34. The molecule has 0 saturated carbocycles. The molecule has 5 heteroatoms. The molecular formula is C9H13Cl2N3. The molecule has 0 aliphatic rings. The first-order chi connectivity index (χ1) is 6.63. The second kappa shape index (κ2) is 5.41. The number of hydrogen-bond donors (Lipinski definition) is 3. The van der Waals surface area contributed by atoms with Gasteiger partial charge in [-0.15, -0.1) is 0 Å². The molecule has 5 N–H and O–H groups in total. The minimum atomic E-state index is -0.0787. The molecule has 1 atom stereocenters. The van der Waals surface area contributed by atoms with E-state index in [4.69, 9.17) is 34.7 Å². The lowest BCUT2D eigenvalue weighted by Crippen LogP contribution is -2.36. The maximum absolute atomic E-state index is 5.93. The van der Waals surface area contributed by atoms with Crippen LogP contribution in [0.4, 0.5) is 5.69 Å². The highest BCUT2D eigenvalue weighted by Gasteiger charge is 2.03. The van der Waals surface area contributed by atoms with E-state index in [1.54, 1.807) is 18.2 Å². The normalized spacial score (nSPS) is 12.6. The summed E-state index contributed by atoms with van der Waals surface area (Å²) >= 11 is 11.7. The Morgan fingerprint density at radius 2 is 2.07 bits per heavy atom. The third-order valence-electron chi connectivity index (χ3n) is 1.79. The molecule has 1 aromatic carbocycles. The van der Waals surface area contributed by atoms with Gasteiger partial charge in [-0.05, 0) is 18.2 Å². The SMILES string of the molecule is NCC(N)CNc1cc(Cl)ccc1Cl. The zero-order valence-electron chi connectivity index (χ0n) is 7.63. The Bertz CT molecular complexity index is 304. The Morgan fingerprint density at radius 3 is 2.71 bits per heavy atom. The van der Waals surface area contributed by atoms with E-state index >= 15 is 0 Å². The van der Waals surface area contributed by atoms with E-state index in [1.807, 2.05) is 0 Å². The Morgan fingerprint density at radius 1 is 1.36 bits per heavy atom. The molecule has 1 rings (SSSR count). The number of halogens is 2. The Kier molecular flexibility index (Phi) is 4.48. The molecule has 0 heterocycles. The van der Waals surface area contributed by atoms with E-state index in [9.17, 15) is 0 Å². The quantitative estimate of drug-likeness (QED) is 0.742. The summed E-state index contributed by atoms with van der Waals surface area (Å²) in [6.07, 6.45) is 0. The molecule has 0 fully saturated rings. The van der Waals surface area contributed by atoms with Gasteiger partial charge in [0.2, 0.25) is 0 Å². The lowest BCUT2D eigenvalue weighted by Gasteiger charge is -2.12. The average Bonchev–Trinajstić information content (AvgIpc) is 2.19. The van der Waals surface area contributed by atoms with Crippen LogP contribution >= 0.6 is 23.2 Å². The molecule has 0 amide bonds. The highest BCUT2D eigenvalue weighted by Crippen LogP contribution is 2.25. The fourth-order valence-corrected chi connectivity index (χ4v) is 1.31. The van der Waals surface area contributed by atoms with Crippen LogP contribution in [0.25, 0.3) is 0 Å². The third-order valence-corrected chi connectivity index (χ3v) is 2.35. The van der Waals surface area contributed by atoms with Crippen LogP contribution in [-0.4, -0.2) is 19.1 Å². The molecule has 14 heavy (non-hydrogen) atoms. The van der Waals surface area contributed by atoms with Crippen molar-refractivity contribution in [3.63, 3.8) is 0 Å². The van der Waals surface area contributed by atoms with Crippen LogP contribution < -0.4 is 16.8 Å². The van der Waals surface area contributed by atoms with E-state index in [1.165, 1.54) is 0 Å². The van der Waals surface area contributed by atoms with Crippen molar-refractivity contribution in [1.29, 1.82) is 0 Å². The number of benzene rings is 1. The smallest absolute Gasteiger partial charge is 0.0638 e. The molecule has 0 aliphatic heterocycles. The van der Waals surface area contributed by atoms with E-state index in [-0.39, 0.29) is 6.04 Å². The molecule has 0 spiro atoms. The maximum Gasteiger partial charge on any atom is 0.0638 e. The van der Waals surface area contributed by atoms with Crippen LogP contribution in [0.3, 0.4) is 0 Å². The molecule has 3 nitrogen and oxygen atoms in total. The minimum absolute atomic E-state index is 0.0787. The molecule has 0 saturated heterocycles. The number of nitrogens with one attached hydrogen (secondary N) is 1. The van der Waals surface area contributed by atoms with Crippen LogP contribution in [0.1, 0.15) is 0 Å². The largest absolute Gasteiger partial charge is 0.382 e. The van der Waals surface area contributed by atoms with Crippen LogP contribution in [0, 0.1) is 0 Å².